The van der Waals surface area contributed by atoms with Crippen LogP contribution in [0, 0.1) is 42.4 Å². The van der Waals surface area contributed by atoms with E-state index >= 15 is 4.79 Å². The Bertz CT molecular complexity index is 2640. The highest BCUT2D eigenvalue weighted by Gasteiger charge is 2.50. The van der Waals surface area contributed by atoms with Gasteiger partial charge in [-0.1, -0.05) is 79.0 Å². The highest BCUT2D eigenvalue weighted by Crippen LogP contribution is 2.50. The Balaban J connectivity index is 1.27. The number of amides is 2. The predicted octanol–water partition coefficient (Wildman–Crippen LogP) is 7.59. The Morgan fingerprint density at radius 1 is 0.947 bits per heavy atom. The maximum Gasteiger partial charge on any atom is 0.410 e. The number of allylic oxidation sites excluding steroid dienone is 2. The first kappa shape index (κ1) is 57.6. The number of carbonyl (C=O) groups is 3. The predicted molar refractivity (Wildman–Crippen MR) is 288 cm³/mol. The van der Waals surface area contributed by atoms with Gasteiger partial charge in [-0.2, -0.15) is 0 Å². The van der Waals surface area contributed by atoms with Crippen LogP contribution in [0.1, 0.15) is 137 Å². The van der Waals surface area contributed by atoms with E-state index in [4.69, 9.17) is 28.9 Å². The Morgan fingerprint density at radius 3 is 2.28 bits per heavy atom. The zero-order valence-electron chi connectivity index (χ0n) is 46.6. The summed E-state index contributed by atoms with van der Waals surface area (Å²) in [5.74, 6) is -5.40. The quantitative estimate of drug-likeness (QED) is 0.0944. The summed E-state index contributed by atoms with van der Waals surface area (Å²) in [6.45, 7) is 24.5. The summed E-state index contributed by atoms with van der Waals surface area (Å²) >= 11 is 0. The number of hydrogen-bond acceptors (Lipinski definition) is 15. The fourth-order valence-electron chi connectivity index (χ4n) is 12.0. The molecular formula is C58H86N6O11. The molecular weight excluding hydrogens is 957 g/mol. The smallest absolute Gasteiger partial charge is 0.410 e. The number of anilines is 1. The highest BCUT2D eigenvalue weighted by atomic mass is 16.7. The van der Waals surface area contributed by atoms with Gasteiger partial charge in [0, 0.05) is 99.3 Å². The van der Waals surface area contributed by atoms with Crippen LogP contribution >= 0.6 is 0 Å². The number of piperidine rings is 1. The van der Waals surface area contributed by atoms with Crippen molar-refractivity contribution in [1.29, 1.82) is 0 Å². The molecule has 2 aromatic rings. The van der Waals surface area contributed by atoms with Crippen molar-refractivity contribution in [3.05, 3.63) is 58.0 Å². The first-order valence-electron chi connectivity index (χ1n) is 27.6. The number of aliphatic hydroxyl groups is 2. The number of ketones is 1. The van der Waals surface area contributed by atoms with Crippen molar-refractivity contribution in [1.82, 2.24) is 15.1 Å². The summed E-state index contributed by atoms with van der Waals surface area (Å²) < 4.78 is 25.2. The van der Waals surface area contributed by atoms with Crippen LogP contribution < -0.4 is 26.1 Å². The normalized spacial score (nSPS) is 30.7. The Kier molecular flexibility index (Phi) is 18.5. The van der Waals surface area contributed by atoms with Crippen molar-refractivity contribution in [2.75, 3.05) is 51.7 Å². The summed E-state index contributed by atoms with van der Waals surface area (Å²) in [6.07, 6.45) is 11.5. The number of nitrogens with zero attached hydrogens (tertiary/aromatic N) is 4. The average Bonchev–Trinajstić information content (AvgIpc) is 3.88. The number of carbonyl (C=O) groups excluding carboxylic acids is 3. The lowest BCUT2D eigenvalue weighted by Crippen LogP contribution is -2.49. The van der Waals surface area contributed by atoms with Crippen LogP contribution in [0.4, 0.5) is 10.5 Å². The largest absolute Gasteiger partial charge is 0.507 e. The van der Waals surface area contributed by atoms with Crippen LogP contribution in [0.15, 0.2) is 46.1 Å². The number of phenols is 2. The zero-order chi connectivity index (χ0) is 54.7. The molecule has 1 spiro atoms. The molecule has 5 aliphatic heterocycles. The minimum absolute atomic E-state index is 0.0381. The summed E-state index contributed by atoms with van der Waals surface area (Å²) in [5, 5.41) is 55.0. The molecule has 6 N–H and O–H groups in total. The van der Waals surface area contributed by atoms with Gasteiger partial charge in [-0.3, -0.25) is 19.6 Å². The average molecular weight is 1040 g/mol. The number of aliphatic hydroxyl groups excluding tert-OH is 2. The SMILES string of the molecule is CCN(C(=O)O[C@H]1[C@H](C)[C@H](O)[C@H](C)[C@@H](O)[C@@H](C)/C=C/C=C(/C)C(=O)Nc2c(O)c3c(O)c(C)c4c(c3c3c2=NC2(CCN(CC(C)C)CC2)N=3)C(=O)[C@@](C)(O/C=C/[C@H](OC)[C@H]1C)O4)C(C)CCNCC1CCCCC1. The van der Waals surface area contributed by atoms with E-state index in [-0.39, 0.29) is 61.4 Å². The van der Waals surface area contributed by atoms with E-state index in [1.807, 2.05) is 27.7 Å². The summed E-state index contributed by atoms with van der Waals surface area (Å²) in [6, 6.07) is -0.157. The fraction of sp³-hybridized carbons (Fsp3) is 0.672. The number of fused-ring (bicyclic) bond motifs is 13. The molecule has 6 aliphatic rings. The van der Waals surface area contributed by atoms with Crippen LogP contribution in [0.25, 0.3) is 10.8 Å². The van der Waals surface area contributed by atoms with Gasteiger partial charge in [0.2, 0.25) is 0 Å². The van der Waals surface area contributed by atoms with Crippen LogP contribution in [-0.4, -0.2) is 136 Å². The van der Waals surface area contributed by atoms with E-state index in [2.05, 4.69) is 29.4 Å². The third kappa shape index (κ3) is 12.1. The Hall–Kier alpha value is -5.07. The molecule has 5 heterocycles. The summed E-state index contributed by atoms with van der Waals surface area (Å²) in [4.78, 5) is 57.9. The number of rotatable bonds is 11. The van der Waals surface area contributed by atoms with Crippen molar-refractivity contribution >= 4 is 34.2 Å². The minimum Gasteiger partial charge on any atom is -0.507 e. The highest BCUT2D eigenvalue weighted by molar-refractivity contribution is 6.19. The van der Waals surface area contributed by atoms with Gasteiger partial charge < -0.3 is 59.8 Å². The lowest BCUT2D eigenvalue weighted by molar-refractivity contribution is -0.112. The van der Waals surface area contributed by atoms with Crippen LogP contribution in [0.5, 0.6) is 17.2 Å². The lowest BCUT2D eigenvalue weighted by atomic mass is 9.78. The lowest BCUT2D eigenvalue weighted by Gasteiger charge is -2.39. The molecule has 17 heteroatoms. The molecule has 2 fully saturated rings. The molecule has 10 atom stereocenters. The first-order valence-corrected chi connectivity index (χ1v) is 27.6. The van der Waals surface area contributed by atoms with Gasteiger partial charge in [-0.25, -0.2) is 4.79 Å². The van der Waals surface area contributed by atoms with Gasteiger partial charge in [0.1, 0.15) is 28.6 Å². The number of aromatic hydroxyl groups is 2. The molecule has 414 valence electrons. The molecule has 1 saturated carbocycles. The number of Topliss-reactive ketones (excluding diaryl/α,β-unsaturated/α-hetero) is 1. The summed E-state index contributed by atoms with van der Waals surface area (Å²) in [5.41, 5.74) is -0.580. The molecule has 0 aromatic heterocycles. The van der Waals surface area contributed by atoms with Crippen molar-refractivity contribution < 1.29 is 53.8 Å². The van der Waals surface area contributed by atoms with Crippen LogP contribution in [0.3, 0.4) is 0 Å². The minimum atomic E-state index is -1.99. The van der Waals surface area contributed by atoms with Crippen LogP contribution in [0.2, 0.25) is 0 Å². The second kappa shape index (κ2) is 24.1. The zero-order valence-corrected chi connectivity index (χ0v) is 46.6. The van der Waals surface area contributed by atoms with Crippen molar-refractivity contribution in [2.45, 2.75) is 169 Å². The third-order valence-electron chi connectivity index (χ3n) is 16.8. The molecule has 1 saturated heterocycles. The molecule has 17 nitrogen and oxygen atoms in total. The first-order chi connectivity index (χ1) is 35.6. The monoisotopic (exact) mass is 1040 g/mol. The number of ether oxygens (including phenoxy) is 4. The maximum atomic E-state index is 15.0. The van der Waals surface area contributed by atoms with Gasteiger partial charge in [0.25, 0.3) is 11.7 Å². The topological polar surface area (TPSA) is 224 Å². The van der Waals surface area contributed by atoms with Gasteiger partial charge in [-0.15, -0.1) is 0 Å². The van der Waals surface area contributed by atoms with Crippen molar-refractivity contribution in [3.63, 3.8) is 0 Å². The molecule has 5 bridgehead atoms. The molecule has 1 unspecified atom stereocenters. The van der Waals surface area contributed by atoms with Gasteiger partial charge in [0.05, 0.1) is 40.9 Å². The van der Waals surface area contributed by atoms with Crippen molar-refractivity contribution in [2.24, 2.45) is 45.5 Å². The standard InChI is InChI=1S/C58H86N6O11/c1-13-64(35(6)22-26-59-30-40-20-15-14-16-21-40)56(71)74-52-36(7)41(72-12)23-29-73-57(11)54(69)44-42-43(50(67)39(10)53(44)75-57)51(68)47(46-45(42)61-58(62-46)24-27-63(28-25-58)31-32(2)3)60-55(70)34(5)19-17-18-33(4)48(65)37(8)49(66)38(52)9/h17-19,23,29,32-33,35-38,40-41,48-49,52,59,65-68H,13-16,20-22,24-28,30-31H2,1-12H3,(H,60,70)/b18-17+,29-23+,34-19-/t33-,35?,36+,37+,38+,41-,48-,49+,52+,57-/m0/s1. The van der Waals surface area contributed by atoms with Gasteiger partial charge in [0.15, 0.2) is 11.4 Å². The molecule has 2 amide bonds. The Morgan fingerprint density at radius 2 is 1.63 bits per heavy atom. The number of phenolic OH excluding ortho intramolecular Hbond substituents is 2. The van der Waals surface area contributed by atoms with E-state index in [9.17, 15) is 30.0 Å². The number of hydrogen-bond donors (Lipinski definition) is 6. The molecule has 2 aromatic carbocycles. The van der Waals surface area contributed by atoms with Gasteiger partial charge >= 0.3 is 11.9 Å². The maximum absolute atomic E-state index is 15.0. The van der Waals surface area contributed by atoms with Crippen LogP contribution in [-0.2, 0) is 19.0 Å². The third-order valence-corrected chi connectivity index (χ3v) is 16.8. The molecule has 75 heavy (non-hydrogen) atoms. The van der Waals surface area contributed by atoms with E-state index in [0.29, 0.717) is 50.7 Å². The van der Waals surface area contributed by atoms with Gasteiger partial charge in [-0.05, 0) is 78.0 Å². The van der Waals surface area contributed by atoms with Crippen molar-refractivity contribution in [3.8, 4) is 17.2 Å². The second-order valence-corrected chi connectivity index (χ2v) is 22.9. The van der Waals surface area contributed by atoms with E-state index < -0.39 is 83.1 Å². The second-order valence-electron chi connectivity index (χ2n) is 22.9. The molecule has 1 aliphatic carbocycles. The van der Waals surface area contributed by atoms with E-state index in [1.165, 1.54) is 52.4 Å². The Labute approximate surface area is 443 Å². The van der Waals surface area contributed by atoms with E-state index in [0.717, 1.165) is 19.6 Å². The molecule has 0 radical (unpaired) electrons. The number of benzene rings is 2. The van der Waals surface area contributed by atoms with E-state index in [1.54, 1.807) is 56.9 Å². The number of likely N-dealkylation sites (tertiary alicyclic amines) is 1. The summed E-state index contributed by atoms with van der Waals surface area (Å²) in [7, 11) is 1.50. The number of nitrogens with one attached hydrogen (secondary N) is 2. The fourth-order valence-corrected chi connectivity index (χ4v) is 12.0. The number of methoxy groups -OCH3 is 1. The molecule has 8 rings (SSSR count).